The number of ketones is 2. The normalized spacial score (nSPS) is 17.8. The second-order valence-electron chi connectivity index (χ2n) is 9.22. The highest BCUT2D eigenvalue weighted by Crippen LogP contribution is 2.23. The Morgan fingerprint density at radius 2 is 1.67 bits per heavy atom. The van der Waals surface area contributed by atoms with Gasteiger partial charge < -0.3 is 14.4 Å². The Hall–Kier alpha value is -2.80. The highest BCUT2D eigenvalue weighted by atomic mass is 19.1. The van der Waals surface area contributed by atoms with Crippen LogP contribution in [0.1, 0.15) is 69.7 Å². The average molecular weight is 454 g/mol. The van der Waals surface area contributed by atoms with Crippen molar-refractivity contribution in [2.45, 2.75) is 45.1 Å². The zero-order valence-electron chi connectivity index (χ0n) is 19.3. The van der Waals surface area contributed by atoms with Gasteiger partial charge in [0, 0.05) is 44.2 Å². The van der Waals surface area contributed by atoms with Crippen LogP contribution < -0.4 is 0 Å². The number of aromatic nitrogens is 1. The summed E-state index contributed by atoms with van der Waals surface area (Å²) in [5.41, 5.74) is 1.69. The van der Waals surface area contributed by atoms with Crippen molar-refractivity contribution < 1.29 is 18.8 Å². The fourth-order valence-electron chi connectivity index (χ4n) is 4.90. The van der Waals surface area contributed by atoms with Crippen molar-refractivity contribution in [2.75, 3.05) is 33.2 Å². The van der Waals surface area contributed by atoms with Gasteiger partial charge >= 0.3 is 0 Å². The first-order chi connectivity index (χ1) is 15.9. The smallest absolute Gasteiger partial charge is 0.255 e. The van der Waals surface area contributed by atoms with Crippen molar-refractivity contribution in [3.8, 4) is 0 Å². The molecule has 2 aromatic rings. The molecule has 1 saturated heterocycles. The summed E-state index contributed by atoms with van der Waals surface area (Å²) in [6, 6.07) is 7.62. The molecule has 0 radical (unpaired) electrons. The summed E-state index contributed by atoms with van der Waals surface area (Å²) in [6.07, 6.45) is 6.99. The summed E-state index contributed by atoms with van der Waals surface area (Å²) in [4.78, 5) is 41.6. The SMILES string of the molecule is CN1CCC(=O)c2c(ccn2CCCCCN2CCC(C(=O)c3ccc(F)cc3)CC2)C1=O. The summed E-state index contributed by atoms with van der Waals surface area (Å²) in [6.45, 7) is 4.04. The first kappa shape index (κ1) is 23.4. The summed E-state index contributed by atoms with van der Waals surface area (Å²) in [5.74, 6) is -0.197. The molecule has 0 bridgehead atoms. The third-order valence-electron chi connectivity index (χ3n) is 6.94. The van der Waals surface area contributed by atoms with Crippen molar-refractivity contribution in [1.82, 2.24) is 14.4 Å². The van der Waals surface area contributed by atoms with Crippen LogP contribution in [-0.2, 0) is 6.54 Å². The van der Waals surface area contributed by atoms with Crippen LogP contribution in [0.25, 0.3) is 0 Å². The molecule has 0 unspecified atom stereocenters. The Kier molecular flexibility index (Phi) is 7.38. The number of hydrogen-bond donors (Lipinski definition) is 0. The molecule has 2 aliphatic rings. The van der Waals surface area contributed by atoms with E-state index in [2.05, 4.69) is 4.90 Å². The van der Waals surface area contributed by atoms with Crippen LogP contribution >= 0.6 is 0 Å². The molecule has 0 atom stereocenters. The van der Waals surface area contributed by atoms with Crippen LogP contribution in [0.2, 0.25) is 0 Å². The molecular formula is C26H32FN3O3. The zero-order chi connectivity index (χ0) is 23.4. The Morgan fingerprint density at radius 3 is 2.39 bits per heavy atom. The van der Waals surface area contributed by atoms with Gasteiger partial charge in [0.2, 0.25) is 0 Å². The van der Waals surface area contributed by atoms with Gasteiger partial charge in [-0.15, -0.1) is 0 Å². The lowest BCUT2D eigenvalue weighted by Gasteiger charge is -2.31. The second-order valence-corrected chi connectivity index (χ2v) is 9.22. The van der Waals surface area contributed by atoms with E-state index in [4.69, 9.17) is 0 Å². The topological polar surface area (TPSA) is 62.6 Å². The van der Waals surface area contributed by atoms with Crippen LogP contribution in [0.15, 0.2) is 36.5 Å². The number of hydrogen-bond acceptors (Lipinski definition) is 4. The number of piperidine rings is 1. The maximum absolute atomic E-state index is 13.1. The first-order valence-electron chi connectivity index (χ1n) is 11.9. The number of aryl methyl sites for hydroxylation is 1. The summed E-state index contributed by atoms with van der Waals surface area (Å²) in [7, 11) is 1.74. The van der Waals surface area contributed by atoms with E-state index in [0.717, 1.165) is 58.3 Å². The van der Waals surface area contributed by atoms with Crippen molar-refractivity contribution in [1.29, 1.82) is 0 Å². The fourth-order valence-corrected chi connectivity index (χ4v) is 4.90. The van der Waals surface area contributed by atoms with Crippen molar-refractivity contribution in [3.63, 3.8) is 0 Å². The van der Waals surface area contributed by atoms with E-state index in [-0.39, 0.29) is 29.2 Å². The highest BCUT2D eigenvalue weighted by Gasteiger charge is 2.28. The number of carbonyl (C=O) groups is 3. The lowest BCUT2D eigenvalue weighted by Crippen LogP contribution is -2.36. The second kappa shape index (κ2) is 10.4. The third-order valence-corrected chi connectivity index (χ3v) is 6.94. The molecule has 0 saturated carbocycles. The molecule has 2 aliphatic heterocycles. The van der Waals surface area contributed by atoms with Gasteiger partial charge in [0.15, 0.2) is 11.6 Å². The van der Waals surface area contributed by atoms with E-state index in [9.17, 15) is 18.8 Å². The Morgan fingerprint density at radius 1 is 0.970 bits per heavy atom. The number of amides is 1. The summed E-state index contributed by atoms with van der Waals surface area (Å²) >= 11 is 0. The number of benzene rings is 1. The van der Waals surface area contributed by atoms with Crippen LogP contribution in [0.4, 0.5) is 4.39 Å². The molecular weight excluding hydrogens is 421 g/mol. The molecule has 7 heteroatoms. The molecule has 1 aromatic heterocycles. The van der Waals surface area contributed by atoms with Crippen LogP contribution in [0, 0.1) is 11.7 Å². The predicted molar refractivity (Wildman–Crippen MR) is 124 cm³/mol. The number of unbranched alkanes of at least 4 members (excludes halogenated alkanes) is 2. The Labute approximate surface area is 194 Å². The van der Waals surface area contributed by atoms with Gasteiger partial charge in [-0.3, -0.25) is 14.4 Å². The van der Waals surface area contributed by atoms with Crippen molar-refractivity contribution in [2.24, 2.45) is 5.92 Å². The molecule has 6 nitrogen and oxygen atoms in total. The number of Topliss-reactive ketones (excluding diaryl/α,β-unsaturated/α-hetero) is 2. The molecule has 1 amide bonds. The maximum atomic E-state index is 13.1. The van der Waals surface area contributed by atoms with E-state index in [0.29, 0.717) is 29.8 Å². The largest absolute Gasteiger partial charge is 0.344 e. The summed E-state index contributed by atoms with van der Waals surface area (Å²) < 4.78 is 15.0. The molecule has 33 heavy (non-hydrogen) atoms. The lowest BCUT2D eigenvalue weighted by molar-refractivity contribution is 0.0796. The van der Waals surface area contributed by atoms with Crippen LogP contribution in [-0.4, -0.2) is 65.1 Å². The van der Waals surface area contributed by atoms with Gasteiger partial charge in [-0.1, -0.05) is 6.42 Å². The number of fused-ring (bicyclic) bond motifs is 1. The fraction of sp³-hybridized carbons (Fsp3) is 0.500. The number of rotatable bonds is 8. The lowest BCUT2D eigenvalue weighted by atomic mass is 9.89. The van der Waals surface area contributed by atoms with Gasteiger partial charge in [-0.2, -0.15) is 0 Å². The maximum Gasteiger partial charge on any atom is 0.255 e. The van der Waals surface area contributed by atoms with Gasteiger partial charge in [-0.05, 0) is 75.6 Å². The minimum atomic E-state index is -0.318. The molecule has 176 valence electrons. The molecule has 1 aromatic carbocycles. The standard InChI is InChI=1S/C26H32FN3O3/c1-28-15-12-23(31)24-22(26(28)33)11-18-30(24)14-4-2-3-13-29-16-9-20(10-17-29)25(32)19-5-7-21(27)8-6-19/h5-8,11,18,20H,2-4,9-10,12-17H2,1H3. The minimum Gasteiger partial charge on any atom is -0.344 e. The molecule has 3 heterocycles. The van der Waals surface area contributed by atoms with Crippen molar-refractivity contribution in [3.05, 3.63) is 59.2 Å². The molecule has 0 N–H and O–H groups in total. The van der Waals surface area contributed by atoms with Crippen LogP contribution in [0.5, 0.6) is 0 Å². The van der Waals surface area contributed by atoms with Gasteiger partial charge in [0.05, 0.1) is 11.3 Å². The van der Waals surface area contributed by atoms with Gasteiger partial charge in [-0.25, -0.2) is 4.39 Å². The molecule has 1 fully saturated rings. The van der Waals surface area contributed by atoms with Gasteiger partial charge in [0.1, 0.15) is 5.82 Å². The predicted octanol–water partition coefficient (Wildman–Crippen LogP) is 4.05. The van der Waals surface area contributed by atoms with E-state index >= 15 is 0 Å². The zero-order valence-corrected chi connectivity index (χ0v) is 19.3. The molecule has 4 rings (SSSR count). The number of nitrogens with zero attached hydrogens (tertiary/aromatic N) is 3. The van der Waals surface area contributed by atoms with Crippen LogP contribution in [0.3, 0.4) is 0 Å². The monoisotopic (exact) mass is 453 g/mol. The average Bonchev–Trinajstić information content (AvgIpc) is 3.21. The quantitative estimate of drug-likeness (QED) is 0.447. The van der Waals surface area contributed by atoms with E-state index < -0.39 is 0 Å². The number of halogens is 1. The highest BCUT2D eigenvalue weighted by molar-refractivity contribution is 6.08. The van der Waals surface area contributed by atoms with Gasteiger partial charge in [0.25, 0.3) is 5.91 Å². The minimum absolute atomic E-state index is 0.0232. The first-order valence-corrected chi connectivity index (χ1v) is 11.9. The Bertz CT molecular complexity index is 1010. The van der Waals surface area contributed by atoms with E-state index in [1.54, 1.807) is 30.1 Å². The summed E-state index contributed by atoms with van der Waals surface area (Å²) in [5, 5.41) is 0. The molecule has 0 spiro atoms. The van der Waals surface area contributed by atoms with Crippen molar-refractivity contribution >= 4 is 17.5 Å². The third kappa shape index (κ3) is 5.41. The molecule has 0 aliphatic carbocycles. The number of carbonyl (C=O) groups excluding carboxylic acids is 3. The Balaban J connectivity index is 1.18. The van der Waals surface area contributed by atoms with E-state index in [1.807, 2.05) is 10.8 Å². The van der Waals surface area contributed by atoms with E-state index in [1.165, 1.54) is 12.1 Å². The number of likely N-dealkylation sites (tertiary alicyclic amines) is 1.